The predicted molar refractivity (Wildman–Crippen MR) is 133 cm³/mol. The van der Waals surface area contributed by atoms with Gasteiger partial charge in [0.15, 0.2) is 0 Å². The van der Waals surface area contributed by atoms with E-state index in [2.05, 4.69) is 49.3 Å². The number of aromatic nitrogens is 2. The van der Waals surface area contributed by atoms with Crippen molar-refractivity contribution in [3.63, 3.8) is 0 Å². The molecule has 1 aliphatic carbocycles. The number of halogens is 4. The van der Waals surface area contributed by atoms with E-state index in [0.29, 0.717) is 16.6 Å². The Morgan fingerprint density at radius 1 is 1.20 bits per heavy atom. The predicted octanol–water partition coefficient (Wildman–Crippen LogP) is 5.90. The van der Waals surface area contributed by atoms with Crippen LogP contribution in [0.1, 0.15) is 43.5 Å². The molecule has 160 valence electrons. The summed E-state index contributed by atoms with van der Waals surface area (Å²) in [6.45, 7) is 0.378. The number of carbonyl (C=O) groups is 1. The minimum absolute atomic E-state index is 0.120. The van der Waals surface area contributed by atoms with Crippen LogP contribution in [0.25, 0.3) is 10.2 Å². The van der Waals surface area contributed by atoms with Crippen molar-refractivity contribution in [1.82, 2.24) is 15.1 Å². The molecule has 9 heteroatoms. The van der Waals surface area contributed by atoms with Crippen LogP contribution in [0.4, 0.5) is 0 Å². The van der Waals surface area contributed by atoms with Crippen LogP contribution in [0.5, 0.6) is 0 Å². The first-order valence-corrected chi connectivity index (χ1v) is 14.2. The number of benzene rings is 1. The first-order valence-electron chi connectivity index (χ1n) is 9.79. The number of rotatable bonds is 5. The van der Waals surface area contributed by atoms with E-state index in [1.165, 1.54) is 14.3 Å². The Morgan fingerprint density at radius 3 is 2.63 bits per heavy atom. The molecule has 4 nitrogen and oxygen atoms in total. The van der Waals surface area contributed by atoms with Gasteiger partial charge in [-0.3, -0.25) is 0 Å². The van der Waals surface area contributed by atoms with E-state index in [-0.39, 0.29) is 11.8 Å². The van der Waals surface area contributed by atoms with E-state index in [1.54, 1.807) is 12.1 Å². The zero-order valence-electron chi connectivity index (χ0n) is 16.0. The quantitative estimate of drug-likeness (QED) is 0.414. The van der Waals surface area contributed by atoms with Crippen molar-refractivity contribution >= 4 is 80.4 Å². The maximum absolute atomic E-state index is 12.6. The van der Waals surface area contributed by atoms with Gasteiger partial charge in [-0.2, -0.15) is 0 Å². The summed E-state index contributed by atoms with van der Waals surface area (Å²) in [6, 6.07) is 5.39. The van der Waals surface area contributed by atoms with Crippen LogP contribution in [0.15, 0.2) is 38.2 Å². The molecule has 4 rings (SSSR count). The second kappa shape index (κ2) is 9.93. The van der Waals surface area contributed by atoms with Gasteiger partial charge in [-0.1, -0.05) is 0 Å². The van der Waals surface area contributed by atoms with Crippen LogP contribution in [-0.2, 0) is 11.3 Å². The normalized spacial score (nSPS) is 18.4. The van der Waals surface area contributed by atoms with Gasteiger partial charge in [-0.05, 0) is 0 Å². The third-order valence-electron chi connectivity index (χ3n) is 5.34. The number of amides is 1. The topological polar surface area (TPSA) is 46.9 Å². The second-order valence-electron chi connectivity index (χ2n) is 7.39. The molecular formula is C21H21Br2Cl2N3OSe. The van der Waals surface area contributed by atoms with E-state index >= 15 is 0 Å². The average molecular weight is 641 g/mol. The van der Waals surface area contributed by atoms with Gasteiger partial charge < -0.3 is 0 Å². The van der Waals surface area contributed by atoms with Gasteiger partial charge in [-0.25, -0.2) is 0 Å². The molecule has 0 spiro atoms. The van der Waals surface area contributed by atoms with Gasteiger partial charge in [0.2, 0.25) is 0 Å². The van der Waals surface area contributed by atoms with Gasteiger partial charge in [0.1, 0.15) is 0 Å². The summed E-state index contributed by atoms with van der Waals surface area (Å²) in [4.78, 5) is 12.6. The third kappa shape index (κ3) is 4.92. The zero-order chi connectivity index (χ0) is 21.3. The minimum atomic E-state index is -0.486. The molecule has 1 N–H and O–H groups in total. The first kappa shape index (κ1) is 22.6. The molecule has 0 radical (unpaired) electrons. The van der Waals surface area contributed by atoms with Crippen LogP contribution >= 0.6 is 55.1 Å². The number of nitrogens with one attached hydrogen (secondary N) is 1. The number of allylic oxidation sites excluding steroid dienone is 2. The van der Waals surface area contributed by atoms with Gasteiger partial charge in [0, 0.05) is 0 Å². The summed E-state index contributed by atoms with van der Waals surface area (Å²) in [5, 5.41) is 9.03. The Morgan fingerprint density at radius 2 is 1.97 bits per heavy atom. The molecule has 1 aromatic carbocycles. The van der Waals surface area contributed by atoms with Crippen molar-refractivity contribution < 1.29 is 4.79 Å². The van der Waals surface area contributed by atoms with Crippen molar-refractivity contribution in [3.8, 4) is 5.69 Å². The van der Waals surface area contributed by atoms with Crippen LogP contribution in [0, 0.1) is 5.92 Å². The molecule has 2 heterocycles. The zero-order valence-corrected chi connectivity index (χ0v) is 22.8. The van der Waals surface area contributed by atoms with Crippen molar-refractivity contribution in [1.29, 1.82) is 0 Å². The fourth-order valence-electron chi connectivity index (χ4n) is 3.80. The van der Waals surface area contributed by atoms with E-state index in [4.69, 9.17) is 28.3 Å². The van der Waals surface area contributed by atoms with Crippen molar-refractivity contribution in [3.05, 3.63) is 59.6 Å². The summed E-state index contributed by atoms with van der Waals surface area (Å²) < 4.78 is 5.21. The summed E-state index contributed by atoms with van der Waals surface area (Å²) >= 11 is 19.5. The standard InChI is InChI=1S/C21H21Br2Cl2N3OSe/c22-18-9-8-17(30-18)20-19(23)15(11-26-21(29)12-4-2-1-3-5-12)27-28(20)16-7-6-13(24)10-14(16)25/h6-10,12H,1-5,11,30H2,(H,26,29). The summed E-state index contributed by atoms with van der Waals surface area (Å²) in [7, 11) is 0. The molecule has 0 unspecified atom stereocenters. The first-order chi connectivity index (χ1) is 14.4. The molecule has 0 bridgehead atoms. The Hall–Kier alpha value is -0.561. The number of hydrogen-bond acceptors (Lipinski definition) is 2. The molecule has 1 fully saturated rings. The number of hydrogen-bond donors (Lipinski definition) is 1. The Bertz CT molecular complexity index is 1050. The molecule has 2 aromatic rings. The Labute approximate surface area is 208 Å². The van der Waals surface area contributed by atoms with Gasteiger partial charge in [-0.15, -0.1) is 0 Å². The summed E-state index contributed by atoms with van der Waals surface area (Å²) in [5.41, 5.74) is 2.53. The van der Waals surface area contributed by atoms with Crippen LogP contribution in [0.2, 0.25) is 10.0 Å². The monoisotopic (exact) mass is 639 g/mol. The Kier molecular flexibility index (Phi) is 7.49. The van der Waals surface area contributed by atoms with Crippen molar-refractivity contribution in [2.24, 2.45) is 5.92 Å². The van der Waals surface area contributed by atoms with E-state index < -0.39 is 15.0 Å². The van der Waals surface area contributed by atoms with E-state index in [9.17, 15) is 4.79 Å². The molecule has 30 heavy (non-hydrogen) atoms. The molecule has 1 amide bonds. The fourth-order valence-corrected chi connectivity index (χ4v) is 8.49. The molecular weight excluding hydrogens is 620 g/mol. The second-order valence-corrected chi connectivity index (χ2v) is 14.2. The molecule has 0 atom stereocenters. The van der Waals surface area contributed by atoms with Crippen LogP contribution in [0.3, 0.4) is 0 Å². The van der Waals surface area contributed by atoms with Crippen molar-refractivity contribution in [2.45, 2.75) is 38.6 Å². The molecule has 1 saturated carbocycles. The summed E-state index contributed by atoms with van der Waals surface area (Å²) in [5.74, 6) is 0.245. The maximum atomic E-state index is 12.6. The van der Waals surface area contributed by atoms with Crippen LogP contribution in [-0.4, -0.2) is 30.6 Å². The SMILES string of the molecule is O=C(NCc1nn(-c2ccc(Cl)cc2Cl)c(C2=CC=C(Br)[SeH2]2)c1Br)C1CCCCC1. The van der Waals surface area contributed by atoms with Crippen molar-refractivity contribution in [2.75, 3.05) is 0 Å². The van der Waals surface area contributed by atoms with Crippen LogP contribution < -0.4 is 5.32 Å². The number of carbonyl (C=O) groups excluding carboxylic acids is 1. The van der Waals surface area contributed by atoms with Gasteiger partial charge in [0.25, 0.3) is 0 Å². The molecule has 1 aromatic heterocycles. The van der Waals surface area contributed by atoms with E-state index in [1.807, 2.05) is 10.7 Å². The summed E-state index contributed by atoms with van der Waals surface area (Å²) in [6.07, 6.45) is 9.66. The van der Waals surface area contributed by atoms with Gasteiger partial charge >= 0.3 is 210 Å². The average Bonchev–Trinajstić information content (AvgIpc) is 3.29. The Balaban J connectivity index is 1.65. The van der Waals surface area contributed by atoms with Gasteiger partial charge in [0.05, 0.1) is 0 Å². The third-order valence-corrected chi connectivity index (χ3v) is 10.3. The molecule has 1 aliphatic heterocycles. The number of nitrogens with zero attached hydrogens (tertiary/aromatic N) is 2. The fraction of sp³-hybridized carbons (Fsp3) is 0.333. The molecule has 2 aliphatic rings. The van der Waals surface area contributed by atoms with E-state index in [0.717, 1.165) is 47.2 Å². The molecule has 0 saturated heterocycles.